The molecule has 382 valence electrons. The van der Waals surface area contributed by atoms with E-state index in [4.69, 9.17) is 35.5 Å². The molecule has 9 rings (SSSR count). The molecule has 17 heteroatoms. The van der Waals surface area contributed by atoms with Crippen molar-refractivity contribution in [1.82, 2.24) is 29.9 Å². The van der Waals surface area contributed by atoms with Gasteiger partial charge < -0.3 is 39.4 Å². The second kappa shape index (κ2) is 22.7. The number of nitrogens with zero attached hydrogens (tertiary/aromatic N) is 6. The molecule has 0 saturated carbocycles. The number of carbonyl (C=O) groups is 3. The molecule has 0 bridgehead atoms. The van der Waals surface area contributed by atoms with E-state index in [1.54, 1.807) is 42.6 Å². The van der Waals surface area contributed by atoms with Crippen molar-refractivity contribution in [3.8, 4) is 50.3 Å². The lowest BCUT2D eigenvalue weighted by atomic mass is 9.99. The number of halogens is 1. The SMILES string of the molecule is COc1cccc(-c2cc(C(=O)Nc3ccc(-c4ccc(OC5CCN(C(=O)CNC(=O)C[C@@H]6N=C(c7ccc(Cl)cc7)c7c(sc(C)c7C)-n7c(C)nnc76)CC5)cc4OCCN(C)C)cc3)ccc2OC)c1. The van der Waals surface area contributed by atoms with Crippen LogP contribution >= 0.6 is 22.9 Å². The number of aromatic nitrogens is 3. The highest BCUT2D eigenvalue weighted by Crippen LogP contribution is 2.40. The second-order valence-corrected chi connectivity index (χ2v) is 20.2. The maximum absolute atomic E-state index is 13.6. The Balaban J connectivity index is 0.812. The summed E-state index contributed by atoms with van der Waals surface area (Å²) in [5.41, 5.74) is 8.26. The number of hydrogen-bond donors (Lipinski definition) is 2. The number of carbonyl (C=O) groups excluding carboxylic acids is 3. The number of piperidine rings is 1. The fraction of sp³-hybridized carbons (Fsp3) is 0.298. The van der Waals surface area contributed by atoms with Crippen LogP contribution in [0.3, 0.4) is 0 Å². The van der Waals surface area contributed by atoms with Gasteiger partial charge in [-0.1, -0.05) is 48.0 Å². The molecular formula is C57H59ClN8O7S. The average molecular weight is 1040 g/mol. The van der Waals surface area contributed by atoms with Gasteiger partial charge in [0.2, 0.25) is 11.8 Å². The lowest BCUT2D eigenvalue weighted by Gasteiger charge is -2.32. The molecule has 1 saturated heterocycles. The number of aliphatic imine (C=N–C) groups is 1. The monoisotopic (exact) mass is 1030 g/mol. The first-order valence-corrected chi connectivity index (χ1v) is 25.7. The molecule has 0 unspecified atom stereocenters. The molecule has 2 aliphatic heterocycles. The minimum Gasteiger partial charge on any atom is -0.497 e. The Hall–Kier alpha value is -7.53. The van der Waals surface area contributed by atoms with Gasteiger partial charge in [0.05, 0.1) is 32.9 Å². The van der Waals surface area contributed by atoms with Crippen molar-refractivity contribution in [2.45, 2.75) is 52.2 Å². The predicted molar refractivity (Wildman–Crippen MR) is 290 cm³/mol. The molecule has 0 radical (unpaired) electrons. The third kappa shape index (κ3) is 11.5. The Morgan fingerprint density at radius 3 is 2.28 bits per heavy atom. The summed E-state index contributed by atoms with van der Waals surface area (Å²) in [7, 11) is 7.21. The normalized spacial score (nSPS) is 14.4. The number of nitrogens with one attached hydrogen (secondary N) is 2. The molecule has 7 aromatic rings. The van der Waals surface area contributed by atoms with Gasteiger partial charge in [-0.3, -0.25) is 23.9 Å². The van der Waals surface area contributed by atoms with Crippen molar-refractivity contribution in [2.75, 3.05) is 66.4 Å². The predicted octanol–water partition coefficient (Wildman–Crippen LogP) is 9.92. The van der Waals surface area contributed by atoms with Crippen LogP contribution in [0.25, 0.3) is 27.3 Å². The van der Waals surface area contributed by atoms with Crippen LogP contribution in [0.5, 0.6) is 23.0 Å². The van der Waals surface area contributed by atoms with E-state index in [9.17, 15) is 14.4 Å². The third-order valence-electron chi connectivity index (χ3n) is 13.3. The third-order valence-corrected chi connectivity index (χ3v) is 14.8. The molecule has 0 spiro atoms. The van der Waals surface area contributed by atoms with Crippen molar-refractivity contribution in [1.29, 1.82) is 0 Å². The summed E-state index contributed by atoms with van der Waals surface area (Å²) in [6.45, 7) is 8.06. The highest BCUT2D eigenvalue weighted by Gasteiger charge is 2.33. The fourth-order valence-electron chi connectivity index (χ4n) is 9.16. The van der Waals surface area contributed by atoms with E-state index in [1.165, 1.54) is 0 Å². The number of anilines is 1. The van der Waals surface area contributed by atoms with E-state index in [1.807, 2.05) is 123 Å². The first kappa shape index (κ1) is 51.4. The molecule has 5 aromatic carbocycles. The van der Waals surface area contributed by atoms with Crippen LogP contribution in [-0.2, 0) is 9.59 Å². The van der Waals surface area contributed by atoms with Gasteiger partial charge in [0.1, 0.15) is 52.6 Å². The van der Waals surface area contributed by atoms with Gasteiger partial charge in [-0.05, 0) is 118 Å². The zero-order valence-electron chi connectivity index (χ0n) is 42.5. The summed E-state index contributed by atoms with van der Waals surface area (Å²) in [5, 5.41) is 16.4. The maximum atomic E-state index is 13.6. The molecule has 15 nitrogen and oxygen atoms in total. The zero-order valence-corrected chi connectivity index (χ0v) is 44.1. The van der Waals surface area contributed by atoms with Crippen LogP contribution in [0, 0.1) is 20.8 Å². The number of aryl methyl sites for hydroxylation is 2. The van der Waals surface area contributed by atoms with Gasteiger partial charge in [0, 0.05) is 81.9 Å². The van der Waals surface area contributed by atoms with Crippen LogP contribution in [-0.4, -0.2) is 115 Å². The molecular weight excluding hydrogens is 976 g/mol. The highest BCUT2D eigenvalue weighted by atomic mass is 35.5. The zero-order chi connectivity index (χ0) is 52.0. The smallest absolute Gasteiger partial charge is 0.255 e. The Labute approximate surface area is 440 Å². The Kier molecular flexibility index (Phi) is 15.8. The van der Waals surface area contributed by atoms with Crippen LogP contribution in [0.2, 0.25) is 5.02 Å². The van der Waals surface area contributed by atoms with Crippen LogP contribution < -0.4 is 29.6 Å². The quantitative estimate of drug-likeness (QED) is 0.0898. The number of benzene rings is 5. The van der Waals surface area contributed by atoms with E-state index < -0.39 is 6.04 Å². The average Bonchev–Trinajstić information content (AvgIpc) is 3.89. The molecule has 2 aliphatic rings. The summed E-state index contributed by atoms with van der Waals surface area (Å²) in [5.74, 6) is 3.21. The van der Waals surface area contributed by atoms with Crippen molar-refractivity contribution in [3.05, 3.63) is 153 Å². The lowest BCUT2D eigenvalue weighted by Crippen LogP contribution is -2.46. The largest absolute Gasteiger partial charge is 0.497 e. The summed E-state index contributed by atoms with van der Waals surface area (Å²) in [4.78, 5) is 50.9. The Morgan fingerprint density at radius 1 is 0.797 bits per heavy atom. The number of thiophene rings is 1. The molecule has 74 heavy (non-hydrogen) atoms. The summed E-state index contributed by atoms with van der Waals surface area (Å²) in [6, 6.07) is 33.3. The van der Waals surface area contributed by atoms with Gasteiger partial charge in [-0.15, -0.1) is 21.5 Å². The van der Waals surface area contributed by atoms with Crippen molar-refractivity contribution >= 4 is 52.1 Å². The van der Waals surface area contributed by atoms with E-state index in [-0.39, 0.29) is 36.8 Å². The summed E-state index contributed by atoms with van der Waals surface area (Å²) in [6.07, 6.45) is 1.08. The Bertz CT molecular complexity index is 3220. The molecule has 3 amide bonds. The van der Waals surface area contributed by atoms with E-state index >= 15 is 0 Å². The van der Waals surface area contributed by atoms with Crippen LogP contribution in [0.15, 0.2) is 114 Å². The minimum atomic E-state index is -0.648. The van der Waals surface area contributed by atoms with Crippen LogP contribution in [0.4, 0.5) is 5.69 Å². The molecule has 0 aliphatic carbocycles. The maximum Gasteiger partial charge on any atom is 0.255 e. The van der Waals surface area contributed by atoms with Crippen molar-refractivity contribution in [3.63, 3.8) is 0 Å². The van der Waals surface area contributed by atoms with Gasteiger partial charge in [0.25, 0.3) is 5.91 Å². The van der Waals surface area contributed by atoms with Crippen molar-refractivity contribution in [2.24, 2.45) is 4.99 Å². The molecule has 2 aromatic heterocycles. The van der Waals surface area contributed by atoms with Gasteiger partial charge in [0.15, 0.2) is 5.82 Å². The highest BCUT2D eigenvalue weighted by molar-refractivity contribution is 7.15. The number of rotatable bonds is 17. The number of ether oxygens (including phenoxy) is 4. The van der Waals surface area contributed by atoms with Gasteiger partial charge >= 0.3 is 0 Å². The first-order valence-electron chi connectivity index (χ1n) is 24.5. The number of fused-ring (bicyclic) bond motifs is 3. The van der Waals surface area contributed by atoms with Crippen molar-refractivity contribution < 1.29 is 33.3 Å². The number of likely N-dealkylation sites (N-methyl/N-ethyl adjacent to an activating group) is 1. The number of methoxy groups -OCH3 is 2. The molecule has 2 N–H and O–H groups in total. The van der Waals surface area contributed by atoms with Gasteiger partial charge in [-0.25, -0.2) is 0 Å². The van der Waals surface area contributed by atoms with Gasteiger partial charge in [-0.2, -0.15) is 0 Å². The fourth-order valence-corrected chi connectivity index (χ4v) is 10.5. The molecule has 1 atom stereocenters. The standard InChI is InChI=1S/C57H59ClN8O7S/c1-34-35(2)74-57-53(34)54(38-11-16-41(58)17-12-38)61-48(55-63-62-36(3)66(55)57)32-51(67)59-33-52(68)65-25-23-43(24-26-65)73-45-20-21-46(50(31-45)72-28-27-64(4)5)37-13-18-42(19-14-37)60-56(69)40-15-22-49(71-7)47(30-40)39-9-8-10-44(29-39)70-6/h8-22,29-31,43,48H,23-28,32-33H2,1-7H3,(H,59,67)(H,60,69)/t48-/m0/s1. The number of amides is 3. The number of likely N-dealkylation sites (tertiary alicyclic amines) is 1. The first-order chi connectivity index (χ1) is 35.8. The second-order valence-electron chi connectivity index (χ2n) is 18.6. The van der Waals surface area contributed by atoms with E-state index in [2.05, 4.69) is 39.6 Å². The van der Waals surface area contributed by atoms with E-state index in [0.29, 0.717) is 90.0 Å². The molecule has 4 heterocycles. The summed E-state index contributed by atoms with van der Waals surface area (Å²) >= 11 is 7.92. The number of hydrogen-bond acceptors (Lipinski definition) is 12. The lowest BCUT2D eigenvalue weighted by molar-refractivity contribution is -0.134. The summed E-state index contributed by atoms with van der Waals surface area (Å²) < 4.78 is 25.9. The topological polar surface area (TPSA) is 162 Å². The Morgan fingerprint density at radius 2 is 1.55 bits per heavy atom. The van der Waals surface area contributed by atoms with Crippen LogP contribution in [0.1, 0.15) is 68.9 Å². The minimum absolute atomic E-state index is 0.0203. The van der Waals surface area contributed by atoms with E-state index in [0.717, 1.165) is 54.5 Å². The molecule has 1 fully saturated rings.